The fourth-order valence-corrected chi connectivity index (χ4v) is 12.2. The van der Waals surface area contributed by atoms with Crippen LogP contribution in [0.5, 0.6) is 0 Å². The Labute approximate surface area is 398 Å². The molecule has 21 heteroatoms. The molecule has 0 radical (unpaired) electrons. The van der Waals surface area contributed by atoms with Gasteiger partial charge in [0.1, 0.15) is 35.6 Å². The Hall–Kier alpha value is -5.84. The van der Waals surface area contributed by atoms with E-state index in [4.69, 9.17) is 0 Å². The van der Waals surface area contributed by atoms with Gasteiger partial charge in [-0.25, -0.2) is 16.8 Å². The van der Waals surface area contributed by atoms with E-state index in [1.807, 2.05) is 0 Å². The number of piperidine rings is 2. The number of sulfonamides is 2. The van der Waals surface area contributed by atoms with Crippen molar-refractivity contribution in [2.45, 2.75) is 100 Å². The molecule has 4 N–H and O–H groups in total. The summed E-state index contributed by atoms with van der Waals surface area (Å²) >= 11 is 3.33. The van der Waals surface area contributed by atoms with Crippen molar-refractivity contribution in [2.24, 2.45) is 11.8 Å². The van der Waals surface area contributed by atoms with Crippen LogP contribution < -0.4 is 20.1 Å². The summed E-state index contributed by atoms with van der Waals surface area (Å²) in [5.41, 5.74) is 2.61. The predicted octanol–water partition coefficient (Wildman–Crippen LogP) is 4.46. The maximum Gasteiger partial charge on any atom is 0.241 e. The van der Waals surface area contributed by atoms with Gasteiger partial charge in [0, 0.05) is 74.2 Å². The van der Waals surface area contributed by atoms with Crippen LogP contribution >= 0.6 is 15.9 Å². The molecule has 6 heterocycles. The zero-order valence-corrected chi connectivity index (χ0v) is 40.4. The van der Waals surface area contributed by atoms with Crippen LogP contribution in [0.25, 0.3) is 0 Å². The standard InChI is InChI=1S/C23H26BrN5O4S.C23H27N5O4S/c1-15-5-9-29(10-6-15)23(31)19(8-12-28-11-7-17(24)20(28)14-25)27-34(32,33)21-4-2-3-18-16(21)13-22(30)26-18;1-16-7-11-28(12-8-16)23(30)20(9-13-27-10-3-4-17(27)15-24)26-33(31,32)21-6-2-5-19-18(21)14-22(29)25-19/h2-4,7,11,15,19,27H,5-6,8-10,12-13H2,1H3,(H,26,30);2-6,10,16,20,26H,7-9,11-14H2,1H3,(H,25,29). The molecule has 2 atom stereocenters. The normalized spacial score (nSPS) is 17.3. The molecule has 0 bridgehead atoms. The van der Waals surface area contributed by atoms with Gasteiger partial charge in [-0.1, -0.05) is 26.0 Å². The van der Waals surface area contributed by atoms with Gasteiger partial charge in [0.25, 0.3) is 0 Å². The number of aromatic nitrogens is 2. The van der Waals surface area contributed by atoms with Crippen molar-refractivity contribution in [2.75, 3.05) is 36.8 Å². The SMILES string of the molecule is CC1CCN(C(=O)C(CCn2ccc(Br)c2C#N)NS(=O)(=O)c2cccc3c2CC(=O)N3)CC1.CC1CCN(C(=O)C(CCn2cccc2C#N)NS(=O)(=O)c2cccc3c2CC(=O)N3)CC1. The van der Waals surface area contributed by atoms with Gasteiger partial charge in [-0.15, -0.1) is 0 Å². The number of likely N-dealkylation sites (tertiary alicyclic amines) is 2. The molecule has 18 nitrogen and oxygen atoms in total. The first-order valence-electron chi connectivity index (χ1n) is 22.2. The zero-order chi connectivity index (χ0) is 48.0. The molecule has 2 aromatic heterocycles. The van der Waals surface area contributed by atoms with Crippen molar-refractivity contribution in [3.63, 3.8) is 0 Å². The third-order valence-electron chi connectivity index (χ3n) is 12.7. The van der Waals surface area contributed by atoms with Crippen LogP contribution in [0.2, 0.25) is 0 Å². The average Bonchev–Trinajstić information content (AvgIpc) is 4.11. The number of halogens is 1. The third-order valence-corrected chi connectivity index (χ3v) is 16.5. The number of nitrogens with one attached hydrogen (secondary N) is 4. The number of carbonyl (C=O) groups is 4. The first kappa shape index (κ1) is 49.1. The van der Waals surface area contributed by atoms with Crippen LogP contribution in [0.15, 0.2) is 81.3 Å². The molecule has 4 aliphatic rings. The summed E-state index contributed by atoms with van der Waals surface area (Å²) in [7, 11) is -8.16. The van der Waals surface area contributed by atoms with Crippen LogP contribution in [0, 0.1) is 34.5 Å². The molecule has 2 fully saturated rings. The third kappa shape index (κ3) is 11.5. The molecule has 8 rings (SSSR count). The van der Waals surface area contributed by atoms with E-state index in [0.717, 1.165) is 25.7 Å². The number of nitrogens with zero attached hydrogens (tertiary/aromatic N) is 6. The predicted molar refractivity (Wildman–Crippen MR) is 251 cm³/mol. The van der Waals surface area contributed by atoms with Crippen molar-refractivity contribution < 1.29 is 36.0 Å². The van der Waals surface area contributed by atoms with Crippen LogP contribution in [0.3, 0.4) is 0 Å². The summed E-state index contributed by atoms with van der Waals surface area (Å²) in [5, 5.41) is 24.0. The summed E-state index contributed by atoms with van der Waals surface area (Å²) in [4.78, 5) is 53.9. The van der Waals surface area contributed by atoms with E-state index in [9.17, 15) is 46.5 Å². The zero-order valence-electron chi connectivity index (χ0n) is 37.2. The maximum absolute atomic E-state index is 13.4. The number of benzene rings is 2. The summed E-state index contributed by atoms with van der Waals surface area (Å²) < 4.78 is 62.8. The molecular formula is C46H53BrN10O8S2. The highest BCUT2D eigenvalue weighted by Gasteiger charge is 2.36. The smallest absolute Gasteiger partial charge is 0.241 e. The molecule has 4 amide bonds. The number of nitriles is 2. The molecule has 0 spiro atoms. The Morgan fingerprint density at radius 1 is 0.687 bits per heavy atom. The van der Waals surface area contributed by atoms with E-state index in [1.165, 1.54) is 12.1 Å². The van der Waals surface area contributed by atoms with Crippen LogP contribution in [0.4, 0.5) is 11.4 Å². The molecule has 2 unspecified atom stereocenters. The molecule has 2 saturated heterocycles. The van der Waals surface area contributed by atoms with Gasteiger partial charge in [0.05, 0.1) is 27.1 Å². The highest BCUT2D eigenvalue weighted by atomic mass is 79.9. The lowest BCUT2D eigenvalue weighted by Crippen LogP contribution is -2.51. The lowest BCUT2D eigenvalue weighted by molar-refractivity contribution is -0.135. The number of hydrogen-bond acceptors (Lipinski definition) is 10. The molecular weight excluding hydrogens is 965 g/mol. The number of rotatable bonds is 14. The number of aryl methyl sites for hydroxylation is 2. The first-order chi connectivity index (χ1) is 32.0. The van der Waals surface area contributed by atoms with Gasteiger partial charge >= 0.3 is 0 Å². The van der Waals surface area contributed by atoms with Crippen molar-refractivity contribution >= 4 is 71.0 Å². The van der Waals surface area contributed by atoms with Gasteiger partial charge in [0.15, 0.2) is 0 Å². The minimum Gasteiger partial charge on any atom is -0.341 e. The highest BCUT2D eigenvalue weighted by molar-refractivity contribution is 9.10. The van der Waals surface area contributed by atoms with Crippen LogP contribution in [0.1, 0.15) is 74.9 Å². The fraction of sp³-hybridized carbons (Fsp3) is 0.435. The lowest BCUT2D eigenvalue weighted by Gasteiger charge is -2.33. The minimum atomic E-state index is -4.09. The topological polar surface area (TPSA) is 249 Å². The Morgan fingerprint density at radius 2 is 1.15 bits per heavy atom. The largest absolute Gasteiger partial charge is 0.341 e. The minimum absolute atomic E-state index is 0.00194. The van der Waals surface area contributed by atoms with Crippen molar-refractivity contribution in [3.05, 3.63) is 94.0 Å². The quantitative estimate of drug-likeness (QED) is 0.138. The Bertz CT molecular complexity index is 2850. The number of carbonyl (C=O) groups excluding carboxylic acids is 4. The first-order valence-corrected chi connectivity index (χ1v) is 26.0. The molecule has 354 valence electrons. The van der Waals surface area contributed by atoms with E-state index in [2.05, 4.69) is 62.0 Å². The van der Waals surface area contributed by atoms with E-state index < -0.39 is 32.1 Å². The average molecular weight is 1020 g/mol. The molecule has 4 aromatic rings. The van der Waals surface area contributed by atoms with Crippen LogP contribution in [-0.2, 0) is 65.2 Å². The summed E-state index contributed by atoms with van der Waals surface area (Å²) in [5.74, 6) is -0.0278. The van der Waals surface area contributed by atoms with Crippen molar-refractivity contribution in [3.8, 4) is 12.1 Å². The number of hydrogen-bond donors (Lipinski definition) is 4. The van der Waals surface area contributed by atoms with E-state index in [-0.39, 0.29) is 65.6 Å². The van der Waals surface area contributed by atoms with E-state index in [1.54, 1.807) is 73.8 Å². The van der Waals surface area contributed by atoms with Gasteiger partial charge in [-0.05, 0) is 109 Å². The Balaban J connectivity index is 0.000000199. The van der Waals surface area contributed by atoms with E-state index in [0.29, 0.717) is 82.9 Å². The number of fused-ring (bicyclic) bond motifs is 2. The van der Waals surface area contributed by atoms with Gasteiger partial charge in [0.2, 0.25) is 43.7 Å². The summed E-state index contributed by atoms with van der Waals surface area (Å²) in [6.45, 7) is 7.21. The van der Waals surface area contributed by atoms with Crippen molar-refractivity contribution in [1.82, 2.24) is 28.4 Å². The monoisotopic (exact) mass is 1020 g/mol. The molecule has 67 heavy (non-hydrogen) atoms. The van der Waals surface area contributed by atoms with E-state index >= 15 is 0 Å². The molecule has 4 aliphatic heterocycles. The Morgan fingerprint density at radius 3 is 1.60 bits per heavy atom. The molecule has 0 aliphatic carbocycles. The van der Waals surface area contributed by atoms with Gasteiger partial charge < -0.3 is 29.6 Å². The van der Waals surface area contributed by atoms with Crippen molar-refractivity contribution in [1.29, 1.82) is 10.5 Å². The molecule has 2 aromatic carbocycles. The maximum atomic E-state index is 13.4. The van der Waals surface area contributed by atoms with Crippen LogP contribution in [-0.4, -0.2) is 97.7 Å². The number of amides is 4. The lowest BCUT2D eigenvalue weighted by atomic mass is 9.98. The second-order valence-electron chi connectivity index (χ2n) is 17.5. The number of anilines is 2. The highest BCUT2D eigenvalue weighted by Crippen LogP contribution is 2.31. The van der Waals surface area contributed by atoms with Gasteiger partial charge in [-0.3, -0.25) is 19.2 Å². The summed E-state index contributed by atoms with van der Waals surface area (Å²) in [6, 6.07) is 16.7. The fourth-order valence-electron chi connectivity index (χ4n) is 8.81. The second kappa shape index (κ2) is 21.0. The molecule has 0 saturated carbocycles. The Kier molecular flexibility index (Phi) is 15.4. The summed E-state index contributed by atoms with van der Waals surface area (Å²) in [6.07, 6.45) is 7.26. The van der Waals surface area contributed by atoms with Gasteiger partial charge in [-0.2, -0.15) is 20.0 Å². The second-order valence-corrected chi connectivity index (χ2v) is 21.7.